The van der Waals surface area contributed by atoms with Gasteiger partial charge in [-0.05, 0) is 31.2 Å². The summed E-state index contributed by atoms with van der Waals surface area (Å²) in [5.41, 5.74) is 0.852. The molecule has 1 heterocycles. The summed E-state index contributed by atoms with van der Waals surface area (Å²) in [5.74, 6) is -0.873. The Hall–Kier alpha value is -2.27. The second-order valence-corrected chi connectivity index (χ2v) is 5.29. The van der Waals surface area contributed by atoms with E-state index < -0.39 is 11.9 Å². The predicted molar refractivity (Wildman–Crippen MR) is 81.4 cm³/mol. The van der Waals surface area contributed by atoms with E-state index in [1.807, 2.05) is 0 Å². The lowest BCUT2D eigenvalue weighted by atomic mass is 10.2. The lowest BCUT2D eigenvalue weighted by Gasteiger charge is -2.10. The van der Waals surface area contributed by atoms with E-state index in [-0.39, 0.29) is 16.7 Å². The minimum atomic E-state index is -0.555. The fourth-order valence-electron chi connectivity index (χ4n) is 1.91. The highest BCUT2D eigenvalue weighted by Gasteiger charge is 2.23. The molecule has 0 radical (unpaired) electrons. The van der Waals surface area contributed by atoms with Gasteiger partial charge in [-0.2, -0.15) is 4.57 Å². The molecule has 0 unspecified atom stereocenters. The second kappa shape index (κ2) is 6.66. The molecule has 114 valence electrons. The van der Waals surface area contributed by atoms with Crippen LogP contribution >= 0.6 is 11.6 Å². The van der Waals surface area contributed by atoms with Gasteiger partial charge < -0.3 is 5.32 Å². The summed E-state index contributed by atoms with van der Waals surface area (Å²) in [6.45, 7) is 3.15. The smallest absolute Gasteiger partial charge is 0.293 e. The standard InChI is InChI=1S/C16H14ClFN2O2/c1-10(20-7-3-4-12(9-20)11(2)21)16(22)19-15-6-5-13(18)8-14(15)17/h3-10H,1-2H3/p+1/t10-/m1/s1. The van der Waals surface area contributed by atoms with Crippen LogP contribution in [0.25, 0.3) is 0 Å². The lowest BCUT2D eigenvalue weighted by molar-refractivity contribution is -0.705. The molecule has 0 aliphatic rings. The molecule has 1 aromatic carbocycles. The average molecular weight is 322 g/mol. The normalized spacial score (nSPS) is 11.8. The zero-order valence-electron chi connectivity index (χ0n) is 12.1. The Morgan fingerprint density at radius 1 is 1.32 bits per heavy atom. The molecule has 1 amide bonds. The number of halogens is 2. The maximum atomic E-state index is 13.0. The first kappa shape index (κ1) is 16.1. The topological polar surface area (TPSA) is 50.0 Å². The average Bonchev–Trinajstić information content (AvgIpc) is 2.49. The van der Waals surface area contributed by atoms with Crippen molar-refractivity contribution in [2.45, 2.75) is 19.9 Å². The van der Waals surface area contributed by atoms with Crippen LogP contribution in [0.2, 0.25) is 5.02 Å². The number of rotatable bonds is 4. The van der Waals surface area contributed by atoms with Crippen molar-refractivity contribution in [3.05, 3.63) is 59.1 Å². The maximum absolute atomic E-state index is 13.0. The Morgan fingerprint density at radius 3 is 2.68 bits per heavy atom. The van der Waals surface area contributed by atoms with E-state index in [1.54, 1.807) is 36.0 Å². The fraction of sp³-hybridized carbons (Fsp3) is 0.188. The third kappa shape index (κ3) is 3.68. The van der Waals surface area contributed by atoms with Crippen LogP contribution < -0.4 is 9.88 Å². The first-order chi connectivity index (χ1) is 10.4. The Labute approximate surface area is 132 Å². The van der Waals surface area contributed by atoms with Crippen LogP contribution in [0.15, 0.2) is 42.7 Å². The van der Waals surface area contributed by atoms with Gasteiger partial charge in [-0.15, -0.1) is 0 Å². The van der Waals surface area contributed by atoms with E-state index in [2.05, 4.69) is 5.32 Å². The summed E-state index contributed by atoms with van der Waals surface area (Å²) in [6.07, 6.45) is 3.31. The van der Waals surface area contributed by atoms with Crippen LogP contribution in [0.5, 0.6) is 0 Å². The molecule has 1 aromatic heterocycles. The van der Waals surface area contributed by atoms with Crippen LogP contribution in [0, 0.1) is 5.82 Å². The number of aromatic nitrogens is 1. The van der Waals surface area contributed by atoms with Crippen molar-refractivity contribution in [1.29, 1.82) is 0 Å². The molecule has 0 aliphatic heterocycles. The van der Waals surface area contributed by atoms with E-state index in [0.717, 1.165) is 6.07 Å². The van der Waals surface area contributed by atoms with E-state index in [1.165, 1.54) is 19.1 Å². The molecule has 0 spiro atoms. The van der Waals surface area contributed by atoms with Gasteiger partial charge in [-0.3, -0.25) is 9.59 Å². The lowest BCUT2D eigenvalue weighted by Crippen LogP contribution is -2.44. The van der Waals surface area contributed by atoms with Gasteiger partial charge in [0.05, 0.1) is 16.3 Å². The zero-order chi connectivity index (χ0) is 16.3. The molecule has 0 bridgehead atoms. The third-order valence-corrected chi connectivity index (χ3v) is 3.56. The Morgan fingerprint density at radius 2 is 2.05 bits per heavy atom. The van der Waals surface area contributed by atoms with Crippen LogP contribution in [-0.4, -0.2) is 11.7 Å². The van der Waals surface area contributed by atoms with Gasteiger partial charge in [0.1, 0.15) is 5.82 Å². The van der Waals surface area contributed by atoms with Crippen molar-refractivity contribution in [2.24, 2.45) is 0 Å². The van der Waals surface area contributed by atoms with Crippen LogP contribution in [0.1, 0.15) is 30.2 Å². The first-order valence-corrected chi connectivity index (χ1v) is 7.04. The number of nitrogens with zero attached hydrogens (tertiary/aromatic N) is 1. The van der Waals surface area contributed by atoms with E-state index in [0.29, 0.717) is 11.3 Å². The number of pyridine rings is 1. The van der Waals surface area contributed by atoms with E-state index >= 15 is 0 Å². The molecular formula is C16H15ClFN2O2+. The quantitative estimate of drug-likeness (QED) is 0.694. The van der Waals surface area contributed by atoms with Gasteiger partial charge in [0.2, 0.25) is 6.04 Å². The number of hydrogen-bond donors (Lipinski definition) is 1. The van der Waals surface area contributed by atoms with Crippen LogP contribution in [0.4, 0.5) is 10.1 Å². The van der Waals surface area contributed by atoms with Gasteiger partial charge in [0.15, 0.2) is 18.2 Å². The van der Waals surface area contributed by atoms with Gasteiger partial charge in [0, 0.05) is 13.0 Å². The van der Waals surface area contributed by atoms with Crippen molar-refractivity contribution in [3.8, 4) is 0 Å². The van der Waals surface area contributed by atoms with Crippen molar-refractivity contribution in [3.63, 3.8) is 0 Å². The van der Waals surface area contributed by atoms with Gasteiger partial charge in [0.25, 0.3) is 5.91 Å². The third-order valence-electron chi connectivity index (χ3n) is 3.24. The molecule has 1 atom stereocenters. The first-order valence-electron chi connectivity index (χ1n) is 6.66. The second-order valence-electron chi connectivity index (χ2n) is 4.89. The minimum absolute atomic E-state index is 0.0801. The number of benzene rings is 1. The number of nitrogens with one attached hydrogen (secondary N) is 1. The summed E-state index contributed by atoms with van der Waals surface area (Å²) in [6, 6.07) is 6.58. The molecule has 22 heavy (non-hydrogen) atoms. The highest BCUT2D eigenvalue weighted by atomic mass is 35.5. The summed E-state index contributed by atoms with van der Waals surface area (Å²) in [5, 5.41) is 2.77. The van der Waals surface area contributed by atoms with Gasteiger partial charge in [-0.25, -0.2) is 4.39 Å². The molecule has 0 aliphatic carbocycles. The number of hydrogen-bond acceptors (Lipinski definition) is 2. The van der Waals surface area contributed by atoms with Crippen molar-refractivity contribution in [2.75, 3.05) is 5.32 Å². The summed E-state index contributed by atoms with van der Waals surface area (Å²) in [7, 11) is 0. The fourth-order valence-corrected chi connectivity index (χ4v) is 2.12. The molecule has 1 N–H and O–H groups in total. The van der Waals surface area contributed by atoms with Gasteiger partial charge >= 0.3 is 0 Å². The monoisotopic (exact) mass is 321 g/mol. The molecule has 0 fully saturated rings. The highest BCUT2D eigenvalue weighted by molar-refractivity contribution is 6.33. The zero-order valence-corrected chi connectivity index (χ0v) is 12.9. The number of carbonyl (C=O) groups is 2. The summed E-state index contributed by atoms with van der Waals surface area (Å²) < 4.78 is 14.6. The summed E-state index contributed by atoms with van der Waals surface area (Å²) >= 11 is 5.88. The summed E-state index contributed by atoms with van der Waals surface area (Å²) in [4.78, 5) is 23.7. The van der Waals surface area contributed by atoms with Crippen molar-refractivity contribution >= 4 is 29.0 Å². The SMILES string of the molecule is CC(=O)c1ccc[n+]([C@H](C)C(=O)Nc2ccc(F)cc2Cl)c1. The van der Waals surface area contributed by atoms with Crippen molar-refractivity contribution < 1.29 is 18.5 Å². The molecule has 0 saturated carbocycles. The number of ketones is 1. The molecule has 6 heteroatoms. The largest absolute Gasteiger partial charge is 0.319 e. The number of anilines is 1. The molecule has 0 saturated heterocycles. The Bertz CT molecular complexity index is 734. The van der Waals surface area contributed by atoms with Crippen LogP contribution in [0.3, 0.4) is 0 Å². The maximum Gasteiger partial charge on any atom is 0.293 e. The molecule has 2 aromatic rings. The van der Waals surface area contributed by atoms with E-state index in [9.17, 15) is 14.0 Å². The predicted octanol–water partition coefficient (Wildman–Crippen LogP) is 3.17. The Kier molecular flexibility index (Phi) is 4.88. The number of Topliss-reactive ketones (excluding diaryl/α,β-unsaturated/α-hetero) is 1. The highest BCUT2D eigenvalue weighted by Crippen LogP contribution is 2.22. The number of amides is 1. The Balaban J connectivity index is 2.18. The van der Waals surface area contributed by atoms with Crippen molar-refractivity contribution in [1.82, 2.24) is 0 Å². The van der Waals surface area contributed by atoms with Crippen LogP contribution in [-0.2, 0) is 4.79 Å². The van der Waals surface area contributed by atoms with Gasteiger partial charge in [-0.1, -0.05) is 11.6 Å². The molecule has 2 rings (SSSR count). The number of carbonyl (C=O) groups excluding carboxylic acids is 2. The van der Waals surface area contributed by atoms with E-state index in [4.69, 9.17) is 11.6 Å². The molecular weight excluding hydrogens is 307 g/mol. The molecule has 4 nitrogen and oxygen atoms in total. The minimum Gasteiger partial charge on any atom is -0.319 e.